The maximum atomic E-state index is 11.9. The van der Waals surface area contributed by atoms with Gasteiger partial charge in [-0.1, -0.05) is 20.8 Å². The summed E-state index contributed by atoms with van der Waals surface area (Å²) < 4.78 is 0. The number of likely N-dealkylation sites (N-methyl/N-ethyl adjacent to an activating group) is 1. The van der Waals surface area contributed by atoms with Crippen molar-refractivity contribution in [2.75, 3.05) is 20.1 Å². The van der Waals surface area contributed by atoms with Crippen LogP contribution in [-0.2, 0) is 0 Å². The van der Waals surface area contributed by atoms with Gasteiger partial charge in [0.05, 0.1) is 23.4 Å². The predicted molar refractivity (Wildman–Crippen MR) is 68.7 cm³/mol. The van der Waals surface area contributed by atoms with Gasteiger partial charge < -0.3 is 4.98 Å². The monoisotopic (exact) mass is 253 g/mol. The van der Waals surface area contributed by atoms with Crippen LogP contribution in [0.4, 0.5) is 5.69 Å². The van der Waals surface area contributed by atoms with Crippen LogP contribution in [0.15, 0.2) is 12.3 Å². The largest absolute Gasteiger partial charge is 0.353 e. The molecule has 0 amide bonds. The molecule has 0 aliphatic rings. The van der Waals surface area contributed by atoms with Crippen LogP contribution in [0.3, 0.4) is 0 Å². The lowest BCUT2D eigenvalue weighted by molar-refractivity contribution is -0.384. The minimum Gasteiger partial charge on any atom is -0.353 e. The fourth-order valence-corrected chi connectivity index (χ4v) is 1.85. The van der Waals surface area contributed by atoms with Crippen LogP contribution in [0.5, 0.6) is 0 Å². The zero-order valence-corrected chi connectivity index (χ0v) is 11.2. The molecule has 100 valence electrons. The molecule has 1 N–H and O–H groups in total. The molecule has 1 aromatic rings. The molecule has 6 heteroatoms. The van der Waals surface area contributed by atoms with Gasteiger partial charge in [-0.15, -0.1) is 0 Å². The lowest BCUT2D eigenvalue weighted by Crippen LogP contribution is -2.33. The molecule has 0 aromatic carbocycles. The fraction of sp³-hybridized carbons (Fsp3) is 0.583. The van der Waals surface area contributed by atoms with Crippen LogP contribution in [0.1, 0.15) is 31.3 Å². The van der Waals surface area contributed by atoms with E-state index in [1.54, 1.807) is 0 Å². The lowest BCUT2D eigenvalue weighted by Gasteiger charge is -2.25. The van der Waals surface area contributed by atoms with E-state index in [1.165, 1.54) is 12.3 Å². The summed E-state index contributed by atoms with van der Waals surface area (Å²) in [6, 6.07) is 1.27. The summed E-state index contributed by atoms with van der Waals surface area (Å²) in [7, 11) is 1.86. The molecular weight excluding hydrogens is 234 g/mol. The molecule has 0 unspecified atom stereocenters. The normalized spacial score (nSPS) is 11.8. The number of aromatic amines is 1. The number of hydrogen-bond donors (Lipinski definition) is 1. The van der Waals surface area contributed by atoms with Crippen LogP contribution in [0, 0.1) is 15.5 Å². The van der Waals surface area contributed by atoms with Crippen molar-refractivity contribution in [1.29, 1.82) is 0 Å². The molecule has 0 radical (unpaired) electrons. The average Bonchev–Trinajstić information content (AvgIpc) is 2.62. The Morgan fingerprint density at radius 1 is 1.50 bits per heavy atom. The first-order valence-corrected chi connectivity index (χ1v) is 5.73. The third kappa shape index (κ3) is 4.29. The number of nitrogens with zero attached hydrogens (tertiary/aromatic N) is 2. The molecule has 0 aliphatic heterocycles. The van der Waals surface area contributed by atoms with Gasteiger partial charge in [-0.3, -0.25) is 19.8 Å². The van der Waals surface area contributed by atoms with Crippen molar-refractivity contribution < 1.29 is 9.72 Å². The highest BCUT2D eigenvalue weighted by molar-refractivity contribution is 5.96. The van der Waals surface area contributed by atoms with E-state index in [0.29, 0.717) is 0 Å². The molecule has 1 aromatic heterocycles. The molecule has 0 bridgehead atoms. The number of carbonyl (C=O) groups is 1. The Morgan fingerprint density at radius 3 is 2.56 bits per heavy atom. The van der Waals surface area contributed by atoms with E-state index in [9.17, 15) is 14.9 Å². The van der Waals surface area contributed by atoms with Crippen molar-refractivity contribution in [2.45, 2.75) is 20.8 Å². The number of aromatic nitrogens is 1. The Labute approximate surface area is 106 Å². The van der Waals surface area contributed by atoms with Gasteiger partial charge in [-0.25, -0.2) is 0 Å². The van der Waals surface area contributed by atoms with E-state index in [2.05, 4.69) is 25.8 Å². The van der Waals surface area contributed by atoms with Crippen LogP contribution in [-0.4, -0.2) is 40.7 Å². The lowest BCUT2D eigenvalue weighted by atomic mass is 9.96. The molecule has 0 fully saturated rings. The summed E-state index contributed by atoms with van der Waals surface area (Å²) in [4.78, 5) is 26.4. The number of H-pyrrole nitrogens is 1. The molecule has 0 atom stereocenters. The summed E-state index contributed by atoms with van der Waals surface area (Å²) in [5, 5.41) is 10.5. The number of carbonyl (C=O) groups excluding carboxylic acids is 1. The Kier molecular flexibility index (Phi) is 4.24. The van der Waals surface area contributed by atoms with Gasteiger partial charge in [0, 0.05) is 12.6 Å². The fourth-order valence-electron chi connectivity index (χ4n) is 1.85. The summed E-state index contributed by atoms with van der Waals surface area (Å²) >= 11 is 0. The third-order valence-corrected chi connectivity index (χ3v) is 2.34. The molecule has 18 heavy (non-hydrogen) atoms. The van der Waals surface area contributed by atoms with Crippen LogP contribution < -0.4 is 0 Å². The Balaban J connectivity index is 2.62. The van der Waals surface area contributed by atoms with E-state index in [1.807, 2.05) is 11.9 Å². The SMILES string of the molecule is CN(CC(=O)c1cc([N+](=O)[O-])c[nH]1)CC(C)(C)C. The second kappa shape index (κ2) is 5.30. The van der Waals surface area contributed by atoms with Gasteiger partial charge in [0.25, 0.3) is 5.69 Å². The number of Topliss-reactive ketones (excluding diaryl/α,β-unsaturated/α-hetero) is 1. The second-order valence-corrected chi connectivity index (χ2v) is 5.68. The van der Waals surface area contributed by atoms with Crippen molar-refractivity contribution in [1.82, 2.24) is 9.88 Å². The Bertz CT molecular complexity index is 446. The van der Waals surface area contributed by atoms with Crippen molar-refractivity contribution in [2.24, 2.45) is 5.41 Å². The van der Waals surface area contributed by atoms with Crippen molar-refractivity contribution in [3.05, 3.63) is 28.1 Å². The van der Waals surface area contributed by atoms with Crippen molar-refractivity contribution in [3.63, 3.8) is 0 Å². The summed E-state index contributed by atoms with van der Waals surface area (Å²) in [5.41, 5.74) is 0.302. The number of rotatable bonds is 5. The molecule has 0 saturated carbocycles. The van der Waals surface area contributed by atoms with Crippen LogP contribution in [0.25, 0.3) is 0 Å². The topological polar surface area (TPSA) is 79.2 Å². The number of hydrogen-bond acceptors (Lipinski definition) is 4. The molecular formula is C12H19N3O3. The first-order valence-electron chi connectivity index (χ1n) is 5.73. The standard InChI is InChI=1S/C12H19N3O3/c1-12(2,3)8-14(4)7-11(16)10-5-9(6-13-10)15(17)18/h5-6,13H,7-8H2,1-4H3. The Morgan fingerprint density at radius 2 is 2.11 bits per heavy atom. The smallest absolute Gasteiger partial charge is 0.287 e. The van der Waals surface area contributed by atoms with E-state index >= 15 is 0 Å². The molecule has 0 aliphatic carbocycles. The highest BCUT2D eigenvalue weighted by Crippen LogP contribution is 2.16. The van der Waals surface area contributed by atoms with Gasteiger partial charge in [-0.2, -0.15) is 0 Å². The quantitative estimate of drug-likeness (QED) is 0.495. The average molecular weight is 253 g/mol. The number of nitrogens with one attached hydrogen (secondary N) is 1. The maximum Gasteiger partial charge on any atom is 0.287 e. The van der Waals surface area contributed by atoms with E-state index < -0.39 is 4.92 Å². The van der Waals surface area contributed by atoms with Gasteiger partial charge in [0.15, 0.2) is 5.78 Å². The zero-order valence-electron chi connectivity index (χ0n) is 11.2. The van der Waals surface area contributed by atoms with Crippen LogP contribution in [0.2, 0.25) is 0 Å². The maximum absolute atomic E-state index is 11.9. The molecule has 0 spiro atoms. The third-order valence-electron chi connectivity index (χ3n) is 2.34. The molecule has 1 heterocycles. The first-order chi connectivity index (χ1) is 8.19. The summed E-state index contributed by atoms with van der Waals surface area (Å²) in [5.74, 6) is -0.144. The van der Waals surface area contributed by atoms with Gasteiger partial charge in [0.2, 0.25) is 0 Å². The molecule has 1 rings (SSSR count). The number of ketones is 1. The second-order valence-electron chi connectivity index (χ2n) is 5.68. The van der Waals surface area contributed by atoms with Gasteiger partial charge in [-0.05, 0) is 12.5 Å². The number of nitro groups is 1. The van der Waals surface area contributed by atoms with Crippen molar-refractivity contribution in [3.8, 4) is 0 Å². The highest BCUT2D eigenvalue weighted by atomic mass is 16.6. The summed E-state index contributed by atoms with van der Waals surface area (Å²) in [6.07, 6.45) is 1.23. The van der Waals surface area contributed by atoms with E-state index in [-0.39, 0.29) is 29.1 Å². The molecule has 0 saturated heterocycles. The summed E-state index contributed by atoms with van der Waals surface area (Å²) in [6.45, 7) is 7.30. The van der Waals surface area contributed by atoms with Crippen LogP contribution >= 0.6 is 0 Å². The highest BCUT2D eigenvalue weighted by Gasteiger charge is 2.19. The van der Waals surface area contributed by atoms with Crippen molar-refractivity contribution >= 4 is 11.5 Å². The predicted octanol–water partition coefficient (Wildman–Crippen LogP) is 2.08. The minimum absolute atomic E-state index is 0.0863. The van der Waals surface area contributed by atoms with E-state index in [0.717, 1.165) is 6.54 Å². The molecule has 6 nitrogen and oxygen atoms in total. The minimum atomic E-state index is -0.522. The first kappa shape index (κ1) is 14.4. The Hall–Kier alpha value is -1.69. The zero-order chi connectivity index (χ0) is 13.9. The van der Waals surface area contributed by atoms with E-state index in [4.69, 9.17) is 0 Å². The van der Waals surface area contributed by atoms with Gasteiger partial charge >= 0.3 is 0 Å². The van der Waals surface area contributed by atoms with Gasteiger partial charge in [0.1, 0.15) is 0 Å².